The first kappa shape index (κ1) is 15.0. The molecular weight excluding hydrogens is 267 g/mol. The van der Waals surface area contributed by atoms with E-state index < -0.39 is 0 Å². The molecule has 1 amide bonds. The zero-order valence-corrected chi connectivity index (χ0v) is 12.0. The van der Waals surface area contributed by atoms with Crippen molar-refractivity contribution in [2.45, 2.75) is 13.3 Å². The number of benzene rings is 2. The lowest BCUT2D eigenvalue weighted by atomic mass is 10.1. The molecule has 2 aromatic rings. The van der Waals surface area contributed by atoms with Gasteiger partial charge in [-0.1, -0.05) is 30.3 Å². The number of nitrogens with one attached hydrogen (secondary N) is 2. The predicted octanol–water partition coefficient (Wildman–Crippen LogP) is 2.90. The SMILES string of the molecule is Cc1ccccc1CCNC(=O)CNc1cccc(F)c1. The molecule has 2 rings (SSSR count). The standard InChI is InChI=1S/C17H19FN2O/c1-13-5-2-3-6-14(13)9-10-19-17(21)12-20-16-8-4-7-15(18)11-16/h2-8,11,20H,9-10,12H2,1H3,(H,19,21). The molecule has 21 heavy (non-hydrogen) atoms. The number of rotatable bonds is 6. The molecule has 0 aliphatic carbocycles. The minimum absolute atomic E-state index is 0.104. The van der Waals surface area contributed by atoms with Crippen molar-refractivity contribution in [3.63, 3.8) is 0 Å². The molecule has 3 nitrogen and oxygen atoms in total. The number of anilines is 1. The smallest absolute Gasteiger partial charge is 0.239 e. The van der Waals surface area contributed by atoms with Crippen LogP contribution in [0, 0.1) is 12.7 Å². The highest BCUT2D eigenvalue weighted by molar-refractivity contribution is 5.80. The molecule has 4 heteroatoms. The number of hydrogen-bond donors (Lipinski definition) is 2. The van der Waals surface area contributed by atoms with Crippen LogP contribution in [0.5, 0.6) is 0 Å². The molecule has 0 saturated carbocycles. The summed E-state index contributed by atoms with van der Waals surface area (Å²) in [5.74, 6) is -0.423. The first-order valence-corrected chi connectivity index (χ1v) is 6.96. The number of amides is 1. The van der Waals surface area contributed by atoms with E-state index in [2.05, 4.69) is 29.7 Å². The summed E-state index contributed by atoms with van der Waals surface area (Å²) in [6.07, 6.45) is 0.804. The summed E-state index contributed by atoms with van der Waals surface area (Å²) >= 11 is 0. The number of aryl methyl sites for hydroxylation is 1. The van der Waals surface area contributed by atoms with Crippen LogP contribution >= 0.6 is 0 Å². The van der Waals surface area contributed by atoms with Crippen LogP contribution in [0.2, 0.25) is 0 Å². The molecule has 0 aromatic heterocycles. The Morgan fingerprint density at radius 1 is 1.14 bits per heavy atom. The molecule has 2 aromatic carbocycles. The van der Waals surface area contributed by atoms with Crippen molar-refractivity contribution in [3.8, 4) is 0 Å². The van der Waals surface area contributed by atoms with E-state index >= 15 is 0 Å². The fraction of sp³-hybridized carbons (Fsp3) is 0.235. The van der Waals surface area contributed by atoms with Gasteiger partial charge in [0.05, 0.1) is 6.54 Å². The number of hydrogen-bond acceptors (Lipinski definition) is 2. The van der Waals surface area contributed by atoms with Crippen LogP contribution in [-0.4, -0.2) is 19.0 Å². The molecule has 2 N–H and O–H groups in total. The topological polar surface area (TPSA) is 41.1 Å². The Hall–Kier alpha value is -2.36. The summed E-state index contributed by atoms with van der Waals surface area (Å²) < 4.78 is 13.0. The Labute approximate surface area is 124 Å². The van der Waals surface area contributed by atoms with Crippen LogP contribution in [0.4, 0.5) is 10.1 Å². The van der Waals surface area contributed by atoms with E-state index in [1.165, 1.54) is 23.3 Å². The second-order valence-corrected chi connectivity index (χ2v) is 4.89. The molecule has 0 heterocycles. The van der Waals surface area contributed by atoms with E-state index in [-0.39, 0.29) is 18.3 Å². The van der Waals surface area contributed by atoms with Gasteiger partial charge in [-0.15, -0.1) is 0 Å². The van der Waals surface area contributed by atoms with Gasteiger partial charge >= 0.3 is 0 Å². The molecule has 110 valence electrons. The molecule has 0 aliphatic heterocycles. The summed E-state index contributed by atoms with van der Waals surface area (Å²) in [4.78, 5) is 11.7. The Bertz CT molecular complexity index is 613. The molecule has 0 unspecified atom stereocenters. The summed E-state index contributed by atoms with van der Waals surface area (Å²) in [7, 11) is 0. The van der Waals surface area contributed by atoms with Crippen LogP contribution in [-0.2, 0) is 11.2 Å². The zero-order chi connectivity index (χ0) is 15.1. The molecule has 0 spiro atoms. The Morgan fingerprint density at radius 3 is 2.71 bits per heavy atom. The van der Waals surface area contributed by atoms with Crippen molar-refractivity contribution in [1.29, 1.82) is 0 Å². The third-order valence-electron chi connectivity index (χ3n) is 3.26. The molecule has 0 radical (unpaired) electrons. The highest BCUT2D eigenvalue weighted by atomic mass is 19.1. The average Bonchev–Trinajstić information content (AvgIpc) is 2.47. The van der Waals surface area contributed by atoms with Crippen LogP contribution in [0.15, 0.2) is 48.5 Å². The average molecular weight is 286 g/mol. The summed E-state index contributed by atoms with van der Waals surface area (Å²) in [5.41, 5.74) is 3.06. The quantitative estimate of drug-likeness (QED) is 0.857. The zero-order valence-electron chi connectivity index (χ0n) is 12.0. The first-order chi connectivity index (χ1) is 10.1. The van der Waals surface area contributed by atoms with Gasteiger partial charge in [0.2, 0.25) is 5.91 Å². The van der Waals surface area contributed by atoms with Gasteiger partial charge in [-0.05, 0) is 42.7 Å². The van der Waals surface area contributed by atoms with Gasteiger partial charge in [-0.3, -0.25) is 4.79 Å². The lowest BCUT2D eigenvalue weighted by molar-refractivity contribution is -0.119. The number of carbonyl (C=O) groups excluding carboxylic acids is 1. The van der Waals surface area contributed by atoms with Gasteiger partial charge in [0.25, 0.3) is 0 Å². The van der Waals surface area contributed by atoms with Gasteiger partial charge in [-0.25, -0.2) is 4.39 Å². The third kappa shape index (κ3) is 4.91. The van der Waals surface area contributed by atoms with E-state index in [4.69, 9.17) is 0 Å². The molecule has 0 atom stereocenters. The van der Waals surface area contributed by atoms with Crippen molar-refractivity contribution < 1.29 is 9.18 Å². The van der Waals surface area contributed by atoms with E-state index in [1.807, 2.05) is 12.1 Å². The molecule has 0 fully saturated rings. The maximum Gasteiger partial charge on any atom is 0.239 e. The van der Waals surface area contributed by atoms with Crippen molar-refractivity contribution in [2.24, 2.45) is 0 Å². The first-order valence-electron chi connectivity index (χ1n) is 6.96. The van der Waals surface area contributed by atoms with Crippen LogP contribution < -0.4 is 10.6 Å². The summed E-state index contributed by atoms with van der Waals surface area (Å²) in [6.45, 7) is 2.79. The monoisotopic (exact) mass is 286 g/mol. The molecular formula is C17H19FN2O. The van der Waals surface area contributed by atoms with Crippen molar-refractivity contribution in [2.75, 3.05) is 18.4 Å². The lowest BCUT2D eigenvalue weighted by Crippen LogP contribution is -2.31. The molecule has 0 bridgehead atoms. The Kier molecular flexibility index (Phi) is 5.32. The second kappa shape index (κ2) is 7.43. The minimum Gasteiger partial charge on any atom is -0.376 e. The van der Waals surface area contributed by atoms with Gasteiger partial charge in [0.1, 0.15) is 5.82 Å². The van der Waals surface area contributed by atoms with Crippen LogP contribution in [0.25, 0.3) is 0 Å². The van der Waals surface area contributed by atoms with E-state index in [0.29, 0.717) is 12.2 Å². The molecule has 0 aliphatic rings. The van der Waals surface area contributed by atoms with Crippen molar-refractivity contribution in [3.05, 3.63) is 65.5 Å². The maximum atomic E-state index is 13.0. The van der Waals surface area contributed by atoms with Crippen LogP contribution in [0.1, 0.15) is 11.1 Å². The van der Waals surface area contributed by atoms with Gasteiger partial charge in [0, 0.05) is 12.2 Å². The second-order valence-electron chi connectivity index (χ2n) is 4.89. The maximum absolute atomic E-state index is 13.0. The highest BCUT2D eigenvalue weighted by Gasteiger charge is 2.02. The fourth-order valence-electron chi connectivity index (χ4n) is 2.07. The number of carbonyl (C=O) groups is 1. The van der Waals surface area contributed by atoms with Crippen molar-refractivity contribution in [1.82, 2.24) is 5.32 Å². The van der Waals surface area contributed by atoms with Gasteiger partial charge < -0.3 is 10.6 Å². The summed E-state index contributed by atoms with van der Waals surface area (Å²) in [6, 6.07) is 14.2. The third-order valence-corrected chi connectivity index (χ3v) is 3.26. The fourth-order valence-corrected chi connectivity index (χ4v) is 2.07. The summed E-state index contributed by atoms with van der Waals surface area (Å²) in [5, 5.41) is 5.74. The van der Waals surface area contributed by atoms with Crippen molar-refractivity contribution >= 4 is 11.6 Å². The van der Waals surface area contributed by atoms with E-state index in [9.17, 15) is 9.18 Å². The van der Waals surface area contributed by atoms with Gasteiger partial charge in [-0.2, -0.15) is 0 Å². The van der Waals surface area contributed by atoms with E-state index in [1.54, 1.807) is 12.1 Å². The molecule has 0 saturated heterocycles. The largest absolute Gasteiger partial charge is 0.376 e. The normalized spacial score (nSPS) is 10.2. The Morgan fingerprint density at radius 2 is 1.95 bits per heavy atom. The lowest BCUT2D eigenvalue weighted by Gasteiger charge is -2.09. The number of halogens is 1. The van der Waals surface area contributed by atoms with Crippen LogP contribution in [0.3, 0.4) is 0 Å². The van der Waals surface area contributed by atoms with E-state index in [0.717, 1.165) is 6.42 Å². The highest BCUT2D eigenvalue weighted by Crippen LogP contribution is 2.08. The predicted molar refractivity (Wildman–Crippen MR) is 82.8 cm³/mol. The van der Waals surface area contributed by atoms with Gasteiger partial charge in [0.15, 0.2) is 0 Å². The minimum atomic E-state index is -0.319. The Balaban J connectivity index is 1.72.